The van der Waals surface area contributed by atoms with E-state index in [0.717, 1.165) is 60.7 Å². The summed E-state index contributed by atoms with van der Waals surface area (Å²) in [6.45, 7) is 5.04. The fraction of sp³-hybridized carbons (Fsp3) is 0.400. The predicted octanol–water partition coefficient (Wildman–Crippen LogP) is 11.5. The van der Waals surface area contributed by atoms with Crippen molar-refractivity contribution in [3.8, 4) is 0 Å². The van der Waals surface area contributed by atoms with E-state index in [1.165, 1.54) is 24.3 Å². The summed E-state index contributed by atoms with van der Waals surface area (Å²) in [6, 6.07) is 15.5. The molecule has 22 heteroatoms. The van der Waals surface area contributed by atoms with E-state index < -0.39 is 87.5 Å². The van der Waals surface area contributed by atoms with Gasteiger partial charge in [0.05, 0.1) is 0 Å². The molecular weight excluding hydrogens is 795 g/mol. The maximum absolute atomic E-state index is 15.4. The number of rotatable bonds is 12. The molecule has 0 saturated heterocycles. The lowest BCUT2D eigenvalue weighted by molar-refractivity contribution is -0.458. The van der Waals surface area contributed by atoms with Crippen molar-refractivity contribution in [2.24, 2.45) is 0 Å². The standard InChI is InChI=1S/C30H23F17O3S2/c1-22(2,3)18-14-16-21(17-15-18)51(19-10-6-4-7-11-19,20-12-8-5-9-13-20)50-52(48,49)30(46,47)28(41,42)26(37,38)24(33,34)23(31,32)25(35,36)27(39,40)29(43,44)45/h4-17H,1-3H3. The summed E-state index contributed by atoms with van der Waals surface area (Å²) in [7, 11) is -12.4. The number of halogens is 17. The van der Waals surface area contributed by atoms with Crippen LogP contribution in [0.2, 0.25) is 0 Å². The van der Waals surface area contributed by atoms with Crippen molar-refractivity contribution in [2.45, 2.75) is 87.8 Å². The molecule has 292 valence electrons. The van der Waals surface area contributed by atoms with E-state index in [2.05, 4.69) is 3.63 Å². The van der Waals surface area contributed by atoms with E-state index >= 15 is 8.78 Å². The van der Waals surface area contributed by atoms with Crippen LogP contribution < -0.4 is 0 Å². The van der Waals surface area contributed by atoms with E-state index in [4.69, 9.17) is 0 Å². The molecule has 0 aliphatic heterocycles. The first-order chi connectivity index (χ1) is 23.1. The summed E-state index contributed by atoms with van der Waals surface area (Å²) in [6.07, 6.45) is -7.93. The summed E-state index contributed by atoms with van der Waals surface area (Å²) >= 11 is 0. The molecule has 3 rings (SSSR count). The average Bonchev–Trinajstić information content (AvgIpc) is 3.03. The first kappa shape index (κ1) is 43.1. The first-order valence-corrected chi connectivity index (χ1v) is 16.8. The van der Waals surface area contributed by atoms with Gasteiger partial charge in [-0.3, -0.25) is 0 Å². The van der Waals surface area contributed by atoms with Crippen molar-refractivity contribution in [3.05, 3.63) is 90.5 Å². The van der Waals surface area contributed by atoms with Crippen molar-refractivity contribution in [3.63, 3.8) is 0 Å². The molecule has 0 heterocycles. The van der Waals surface area contributed by atoms with Gasteiger partial charge in [0.15, 0.2) is 0 Å². The second-order valence-corrected chi connectivity index (χ2v) is 16.4. The van der Waals surface area contributed by atoms with Crippen molar-refractivity contribution < 1.29 is 86.7 Å². The van der Waals surface area contributed by atoms with Crippen LogP contribution in [0.1, 0.15) is 26.3 Å². The van der Waals surface area contributed by atoms with Crippen LogP contribution in [0.25, 0.3) is 0 Å². The Hall–Kier alpha value is -3.27. The van der Waals surface area contributed by atoms with Crippen LogP contribution in [0, 0.1) is 0 Å². The van der Waals surface area contributed by atoms with Gasteiger partial charge >= 0.3 is 57.1 Å². The summed E-state index contributed by atoms with van der Waals surface area (Å²) in [4.78, 5) is -1.44. The van der Waals surface area contributed by atoms with E-state index in [1.807, 2.05) is 0 Å². The molecule has 0 unspecified atom stereocenters. The predicted molar refractivity (Wildman–Crippen MR) is 151 cm³/mol. The number of benzene rings is 3. The third kappa shape index (κ3) is 6.28. The van der Waals surface area contributed by atoms with Gasteiger partial charge in [0.25, 0.3) is 0 Å². The van der Waals surface area contributed by atoms with Crippen LogP contribution >= 0.6 is 10.3 Å². The number of hydrogen-bond donors (Lipinski definition) is 0. The van der Waals surface area contributed by atoms with Gasteiger partial charge in [-0.05, 0) is 57.7 Å². The molecule has 0 N–H and O–H groups in total. The minimum absolute atomic E-state index is 0.473. The third-order valence-electron chi connectivity index (χ3n) is 7.40. The highest BCUT2D eigenvalue weighted by atomic mass is 32.3. The van der Waals surface area contributed by atoms with Gasteiger partial charge in [-0.1, -0.05) is 69.3 Å². The molecule has 0 aromatic heterocycles. The van der Waals surface area contributed by atoms with Crippen LogP contribution in [0.15, 0.2) is 99.6 Å². The zero-order chi connectivity index (χ0) is 40.4. The van der Waals surface area contributed by atoms with Crippen LogP contribution in [0.5, 0.6) is 0 Å². The highest BCUT2D eigenvalue weighted by Gasteiger charge is 2.96. The Kier molecular flexibility index (Phi) is 10.7. The van der Waals surface area contributed by atoms with E-state index in [-0.39, 0.29) is 0 Å². The molecule has 3 nitrogen and oxygen atoms in total. The minimum atomic E-state index is -8.97. The van der Waals surface area contributed by atoms with Crippen molar-refractivity contribution in [2.75, 3.05) is 0 Å². The molecule has 0 aliphatic carbocycles. The lowest BCUT2D eigenvalue weighted by atomic mass is 9.87. The molecular formula is C30H23F17O3S2. The van der Waals surface area contributed by atoms with Crippen molar-refractivity contribution in [1.82, 2.24) is 0 Å². The fourth-order valence-corrected chi connectivity index (χ4v) is 9.60. The Morgan fingerprint density at radius 2 is 0.731 bits per heavy atom. The Bertz CT molecular complexity index is 1780. The molecule has 3 aromatic rings. The van der Waals surface area contributed by atoms with Gasteiger partial charge in [-0.2, -0.15) is 83.1 Å². The maximum atomic E-state index is 15.4. The second-order valence-electron chi connectivity index (χ2n) is 11.9. The molecule has 3 aromatic carbocycles. The van der Waals surface area contributed by atoms with Crippen LogP contribution in [-0.2, 0) is 19.2 Å². The van der Waals surface area contributed by atoms with Crippen LogP contribution in [0.3, 0.4) is 0 Å². The lowest BCUT2D eigenvalue weighted by Gasteiger charge is -2.44. The SMILES string of the molecule is CC(C)(C)c1ccc(S(OS(=O)(=O)C(F)(F)C(F)(F)C(F)(F)C(F)(F)C(F)(F)C(F)(F)C(F)(F)C(F)(F)F)(c2ccccc2)c2ccccc2)cc1. The van der Waals surface area contributed by atoms with E-state index in [9.17, 15) is 74.3 Å². The summed E-state index contributed by atoms with van der Waals surface area (Å²) in [5.74, 6) is -52.4. The monoisotopic (exact) mass is 818 g/mol. The Morgan fingerprint density at radius 1 is 0.423 bits per heavy atom. The highest BCUT2D eigenvalue weighted by molar-refractivity contribution is 8.33. The van der Waals surface area contributed by atoms with Crippen LogP contribution in [0.4, 0.5) is 74.6 Å². The number of alkyl halides is 17. The molecule has 0 aliphatic rings. The maximum Gasteiger partial charge on any atom is 0.460 e. The summed E-state index contributed by atoms with van der Waals surface area (Å²) in [5.41, 5.74) is -0.182. The Labute approximate surface area is 285 Å². The summed E-state index contributed by atoms with van der Waals surface area (Å²) in [5, 5.41) is -7.86. The third-order valence-corrected chi connectivity index (χ3v) is 12.6. The van der Waals surface area contributed by atoms with Gasteiger partial charge in [0, 0.05) is 14.7 Å². The smallest absolute Gasteiger partial charge is 0.202 e. The van der Waals surface area contributed by atoms with Gasteiger partial charge < -0.3 is 0 Å². The largest absolute Gasteiger partial charge is 0.460 e. The van der Waals surface area contributed by atoms with Crippen LogP contribution in [-0.4, -0.2) is 55.4 Å². The van der Waals surface area contributed by atoms with E-state index in [1.54, 1.807) is 20.8 Å². The molecule has 0 radical (unpaired) electrons. The lowest BCUT2D eigenvalue weighted by Crippen LogP contribution is -2.75. The Morgan fingerprint density at radius 3 is 1.06 bits per heavy atom. The molecule has 0 spiro atoms. The Balaban J connectivity index is 2.33. The average molecular weight is 819 g/mol. The topological polar surface area (TPSA) is 43.4 Å². The van der Waals surface area contributed by atoms with Crippen molar-refractivity contribution >= 4 is 20.4 Å². The number of hydrogen-bond acceptors (Lipinski definition) is 3. The van der Waals surface area contributed by atoms with Gasteiger partial charge in [0.1, 0.15) is 0 Å². The van der Waals surface area contributed by atoms with Gasteiger partial charge in [0.2, 0.25) is 0 Å². The molecule has 0 bridgehead atoms. The van der Waals surface area contributed by atoms with Gasteiger partial charge in [-0.25, -0.2) is 3.63 Å². The molecule has 0 saturated carbocycles. The molecule has 52 heavy (non-hydrogen) atoms. The highest BCUT2D eigenvalue weighted by Crippen LogP contribution is 2.72. The van der Waals surface area contributed by atoms with Crippen molar-refractivity contribution in [1.29, 1.82) is 0 Å². The van der Waals surface area contributed by atoms with Gasteiger partial charge in [-0.15, -0.1) is 0 Å². The molecule has 0 amide bonds. The fourth-order valence-electron chi connectivity index (χ4n) is 4.38. The molecule has 0 fully saturated rings. The zero-order valence-corrected chi connectivity index (χ0v) is 27.7. The quantitative estimate of drug-likeness (QED) is 0.171. The molecule has 0 atom stereocenters. The first-order valence-electron chi connectivity index (χ1n) is 13.8. The normalized spacial score (nSPS) is 15.5. The minimum Gasteiger partial charge on any atom is -0.202 e. The summed E-state index contributed by atoms with van der Waals surface area (Å²) < 4.78 is 269. The van der Waals surface area contributed by atoms with E-state index in [0.29, 0.717) is 5.56 Å². The zero-order valence-electron chi connectivity index (χ0n) is 26.0. The second kappa shape index (κ2) is 12.9.